The van der Waals surface area contributed by atoms with Crippen molar-refractivity contribution in [2.24, 2.45) is 5.41 Å². The molecular formula is C16H23NO4. The van der Waals surface area contributed by atoms with E-state index in [9.17, 15) is 9.59 Å². The minimum absolute atomic E-state index is 0.0188. The molecular weight excluding hydrogens is 270 g/mol. The third-order valence-electron chi connectivity index (χ3n) is 3.10. The van der Waals surface area contributed by atoms with E-state index in [1.54, 1.807) is 18.2 Å². The number of amides is 1. The van der Waals surface area contributed by atoms with Crippen molar-refractivity contribution in [1.82, 2.24) is 0 Å². The maximum Gasteiger partial charge on any atom is 0.308 e. The monoisotopic (exact) mass is 293 g/mol. The molecule has 0 saturated carbocycles. The fourth-order valence-corrected chi connectivity index (χ4v) is 1.52. The lowest BCUT2D eigenvalue weighted by molar-refractivity contribution is -0.131. The molecule has 0 radical (unpaired) electrons. The average Bonchev–Trinajstić information content (AvgIpc) is 2.37. The number of ether oxygens (including phenoxy) is 2. The molecule has 21 heavy (non-hydrogen) atoms. The van der Waals surface area contributed by atoms with Gasteiger partial charge in [0, 0.05) is 19.9 Å². The van der Waals surface area contributed by atoms with Gasteiger partial charge in [-0.2, -0.15) is 0 Å². The number of carbonyl (C=O) groups excluding carboxylic acids is 2. The van der Waals surface area contributed by atoms with E-state index in [2.05, 4.69) is 26.1 Å². The highest BCUT2D eigenvalue weighted by Gasteiger charge is 2.18. The molecule has 1 aromatic carbocycles. The van der Waals surface area contributed by atoms with Crippen LogP contribution in [0, 0.1) is 5.41 Å². The van der Waals surface area contributed by atoms with Crippen LogP contribution in [0.3, 0.4) is 0 Å². The van der Waals surface area contributed by atoms with Gasteiger partial charge in [0.05, 0.1) is 12.3 Å². The van der Waals surface area contributed by atoms with E-state index >= 15 is 0 Å². The standard InChI is InChI=1S/C16H23NO4/c1-6-16(4,5)10-20-15-9-13(21-12(3)19)7-8-14(15)17-11(2)18/h7-9H,6,10H2,1-5H3,(H,17,18). The Morgan fingerprint density at radius 3 is 2.43 bits per heavy atom. The Morgan fingerprint density at radius 1 is 1.24 bits per heavy atom. The van der Waals surface area contributed by atoms with Gasteiger partial charge in [-0.1, -0.05) is 20.8 Å². The van der Waals surface area contributed by atoms with Crippen LogP contribution in [0.4, 0.5) is 5.69 Å². The highest BCUT2D eigenvalue weighted by atomic mass is 16.5. The van der Waals surface area contributed by atoms with Crippen molar-refractivity contribution < 1.29 is 19.1 Å². The Labute approximate surface area is 125 Å². The zero-order valence-corrected chi connectivity index (χ0v) is 13.3. The number of benzene rings is 1. The summed E-state index contributed by atoms with van der Waals surface area (Å²) in [5.41, 5.74) is 0.579. The third-order valence-corrected chi connectivity index (χ3v) is 3.10. The van der Waals surface area contributed by atoms with Crippen LogP contribution in [0.1, 0.15) is 41.0 Å². The lowest BCUT2D eigenvalue weighted by atomic mass is 9.92. The van der Waals surface area contributed by atoms with Gasteiger partial charge in [0.15, 0.2) is 0 Å². The molecule has 0 aliphatic rings. The van der Waals surface area contributed by atoms with Gasteiger partial charge in [0.2, 0.25) is 5.91 Å². The van der Waals surface area contributed by atoms with Crippen molar-refractivity contribution in [2.45, 2.75) is 41.0 Å². The summed E-state index contributed by atoms with van der Waals surface area (Å²) in [7, 11) is 0. The maximum atomic E-state index is 11.2. The molecule has 0 unspecified atom stereocenters. The number of nitrogens with one attached hydrogen (secondary N) is 1. The highest BCUT2D eigenvalue weighted by Crippen LogP contribution is 2.31. The zero-order chi connectivity index (χ0) is 16.0. The molecule has 1 aromatic rings. The Hall–Kier alpha value is -2.04. The molecule has 0 heterocycles. The van der Waals surface area contributed by atoms with Crippen molar-refractivity contribution >= 4 is 17.6 Å². The molecule has 116 valence electrons. The summed E-state index contributed by atoms with van der Waals surface area (Å²) in [6.45, 7) is 9.55. The van der Waals surface area contributed by atoms with Crippen LogP contribution in [0.2, 0.25) is 0 Å². The van der Waals surface area contributed by atoms with Gasteiger partial charge < -0.3 is 14.8 Å². The quantitative estimate of drug-likeness (QED) is 0.645. The summed E-state index contributed by atoms with van der Waals surface area (Å²) in [4.78, 5) is 22.3. The fraction of sp³-hybridized carbons (Fsp3) is 0.500. The minimum Gasteiger partial charge on any atom is -0.491 e. The summed E-state index contributed by atoms with van der Waals surface area (Å²) in [5, 5.41) is 2.70. The summed E-state index contributed by atoms with van der Waals surface area (Å²) in [5.74, 6) is 0.295. The van der Waals surface area contributed by atoms with Gasteiger partial charge in [0.1, 0.15) is 11.5 Å². The van der Waals surface area contributed by atoms with Crippen molar-refractivity contribution in [2.75, 3.05) is 11.9 Å². The predicted octanol–water partition coefficient (Wildman–Crippen LogP) is 3.39. The van der Waals surface area contributed by atoms with E-state index in [0.29, 0.717) is 23.8 Å². The fourth-order valence-electron chi connectivity index (χ4n) is 1.52. The first kappa shape index (κ1) is 17.0. The second kappa shape index (κ2) is 7.11. The first-order chi connectivity index (χ1) is 9.73. The molecule has 0 atom stereocenters. The highest BCUT2D eigenvalue weighted by molar-refractivity contribution is 5.90. The molecule has 5 heteroatoms. The minimum atomic E-state index is -0.401. The van der Waals surface area contributed by atoms with Gasteiger partial charge in [-0.3, -0.25) is 9.59 Å². The molecule has 1 rings (SSSR count). The number of esters is 1. The van der Waals surface area contributed by atoms with E-state index in [1.807, 2.05) is 0 Å². The zero-order valence-electron chi connectivity index (χ0n) is 13.3. The number of anilines is 1. The Balaban J connectivity index is 2.98. The second-order valence-electron chi connectivity index (χ2n) is 5.74. The van der Waals surface area contributed by atoms with Crippen LogP contribution in [0.15, 0.2) is 18.2 Å². The van der Waals surface area contributed by atoms with Gasteiger partial charge in [-0.05, 0) is 24.0 Å². The lowest BCUT2D eigenvalue weighted by Gasteiger charge is -2.23. The smallest absolute Gasteiger partial charge is 0.308 e. The summed E-state index contributed by atoms with van der Waals surface area (Å²) in [6, 6.07) is 4.89. The first-order valence-corrected chi connectivity index (χ1v) is 6.96. The average molecular weight is 293 g/mol. The Morgan fingerprint density at radius 2 is 1.90 bits per heavy atom. The van der Waals surface area contributed by atoms with Crippen LogP contribution in [-0.2, 0) is 9.59 Å². The summed E-state index contributed by atoms with van der Waals surface area (Å²) in [6.07, 6.45) is 0.964. The van der Waals surface area contributed by atoms with Crippen LogP contribution in [0.5, 0.6) is 11.5 Å². The lowest BCUT2D eigenvalue weighted by Crippen LogP contribution is -2.21. The second-order valence-corrected chi connectivity index (χ2v) is 5.74. The van der Waals surface area contributed by atoms with Gasteiger partial charge >= 0.3 is 5.97 Å². The molecule has 0 fully saturated rings. The van der Waals surface area contributed by atoms with Crippen LogP contribution in [-0.4, -0.2) is 18.5 Å². The Kier molecular flexibility index (Phi) is 5.76. The van der Waals surface area contributed by atoms with E-state index < -0.39 is 5.97 Å². The van der Waals surface area contributed by atoms with Crippen molar-refractivity contribution in [3.05, 3.63) is 18.2 Å². The van der Waals surface area contributed by atoms with Gasteiger partial charge in [-0.25, -0.2) is 0 Å². The maximum absolute atomic E-state index is 11.2. The number of rotatable bonds is 6. The normalized spacial score (nSPS) is 10.9. The van der Waals surface area contributed by atoms with Crippen LogP contribution >= 0.6 is 0 Å². The molecule has 0 saturated heterocycles. The summed E-state index contributed by atoms with van der Waals surface area (Å²) >= 11 is 0. The van der Waals surface area contributed by atoms with Crippen LogP contribution in [0.25, 0.3) is 0 Å². The molecule has 5 nitrogen and oxygen atoms in total. The van der Waals surface area contributed by atoms with Gasteiger partial charge in [0.25, 0.3) is 0 Å². The van der Waals surface area contributed by atoms with Crippen LogP contribution < -0.4 is 14.8 Å². The van der Waals surface area contributed by atoms with Crippen molar-refractivity contribution in [1.29, 1.82) is 0 Å². The number of carbonyl (C=O) groups is 2. The van der Waals surface area contributed by atoms with E-state index in [1.165, 1.54) is 13.8 Å². The molecule has 1 N–H and O–H groups in total. The number of hydrogen-bond acceptors (Lipinski definition) is 4. The molecule has 0 spiro atoms. The van der Waals surface area contributed by atoms with E-state index in [-0.39, 0.29) is 11.3 Å². The Bertz CT molecular complexity index is 523. The molecule has 1 amide bonds. The number of hydrogen-bond donors (Lipinski definition) is 1. The van der Waals surface area contributed by atoms with Crippen molar-refractivity contribution in [3.8, 4) is 11.5 Å². The van der Waals surface area contributed by atoms with E-state index in [4.69, 9.17) is 9.47 Å². The molecule has 0 aliphatic carbocycles. The van der Waals surface area contributed by atoms with Crippen molar-refractivity contribution in [3.63, 3.8) is 0 Å². The summed E-state index contributed by atoms with van der Waals surface area (Å²) < 4.78 is 10.9. The largest absolute Gasteiger partial charge is 0.491 e. The molecule has 0 aliphatic heterocycles. The van der Waals surface area contributed by atoms with Gasteiger partial charge in [-0.15, -0.1) is 0 Å². The third kappa shape index (κ3) is 5.85. The predicted molar refractivity (Wildman–Crippen MR) is 81.6 cm³/mol. The molecule has 0 aromatic heterocycles. The first-order valence-electron chi connectivity index (χ1n) is 6.96. The topological polar surface area (TPSA) is 64.6 Å². The van der Waals surface area contributed by atoms with E-state index in [0.717, 1.165) is 6.42 Å². The molecule has 0 bridgehead atoms. The SMILES string of the molecule is CCC(C)(C)COc1cc(OC(C)=O)ccc1NC(C)=O.